The van der Waals surface area contributed by atoms with Gasteiger partial charge in [0, 0.05) is 24.7 Å². The van der Waals surface area contributed by atoms with Gasteiger partial charge in [0.15, 0.2) is 0 Å². The fourth-order valence-electron chi connectivity index (χ4n) is 3.23. The lowest BCUT2D eigenvalue weighted by atomic mass is 10.0. The van der Waals surface area contributed by atoms with Crippen LogP contribution in [0, 0.1) is 0 Å². The van der Waals surface area contributed by atoms with Crippen LogP contribution < -0.4 is 4.74 Å². The smallest absolute Gasteiger partial charge is 0.317 e. The molecular weight excluding hydrogens is 320 g/mol. The number of hydrogen-bond acceptors (Lipinski definition) is 4. The largest absolute Gasteiger partial charge is 0.494 e. The van der Waals surface area contributed by atoms with E-state index in [1.165, 1.54) is 0 Å². The van der Waals surface area contributed by atoms with Crippen molar-refractivity contribution < 1.29 is 19.4 Å². The number of carboxylic acids is 1. The van der Waals surface area contributed by atoms with Gasteiger partial charge in [-0.05, 0) is 44.0 Å². The Morgan fingerprint density at radius 2 is 2.00 bits per heavy atom. The van der Waals surface area contributed by atoms with Gasteiger partial charge in [0.1, 0.15) is 5.75 Å². The Labute approximate surface area is 149 Å². The number of carbonyl (C=O) groups is 2. The van der Waals surface area contributed by atoms with Crippen LogP contribution in [0.4, 0.5) is 0 Å². The van der Waals surface area contributed by atoms with E-state index in [9.17, 15) is 9.59 Å². The highest BCUT2D eigenvalue weighted by Gasteiger charge is 2.27. The molecule has 6 heteroatoms. The van der Waals surface area contributed by atoms with E-state index in [0.717, 1.165) is 25.0 Å². The topological polar surface area (TPSA) is 70.1 Å². The molecule has 2 rings (SSSR count). The third-order valence-electron chi connectivity index (χ3n) is 4.57. The van der Waals surface area contributed by atoms with E-state index in [4.69, 9.17) is 9.84 Å². The maximum absolute atomic E-state index is 12.7. The van der Waals surface area contributed by atoms with Crippen LogP contribution in [0.1, 0.15) is 43.5 Å². The first-order valence-electron chi connectivity index (χ1n) is 9.03. The van der Waals surface area contributed by atoms with Crippen molar-refractivity contribution in [2.45, 2.75) is 39.2 Å². The average Bonchev–Trinajstić information content (AvgIpc) is 2.64. The number of carbonyl (C=O) groups excluding carboxylic acids is 1. The average molecular weight is 348 g/mol. The summed E-state index contributed by atoms with van der Waals surface area (Å²) in [5.41, 5.74) is 0.643. The second kappa shape index (κ2) is 9.42. The van der Waals surface area contributed by atoms with Crippen molar-refractivity contribution in [2.24, 2.45) is 0 Å². The zero-order valence-electron chi connectivity index (χ0n) is 15.1. The highest BCUT2D eigenvalue weighted by Crippen LogP contribution is 2.20. The molecule has 1 aliphatic heterocycles. The molecular formula is C19H28N2O4. The first-order chi connectivity index (χ1) is 12.0. The summed E-state index contributed by atoms with van der Waals surface area (Å²) in [6, 6.07) is 7.55. The summed E-state index contributed by atoms with van der Waals surface area (Å²) in [4.78, 5) is 27.5. The number of likely N-dealkylation sites (N-methyl/N-ethyl adjacent to an activating group) is 1. The van der Waals surface area contributed by atoms with E-state index in [1.807, 2.05) is 41.8 Å². The number of hydrogen-bond donors (Lipinski definition) is 1. The molecule has 1 heterocycles. The molecule has 1 fully saturated rings. The molecule has 1 saturated heterocycles. The Morgan fingerprint density at radius 1 is 1.28 bits per heavy atom. The Bertz CT molecular complexity index is 583. The van der Waals surface area contributed by atoms with Crippen LogP contribution in [0.3, 0.4) is 0 Å². The SMILES string of the molecule is CCCOc1cccc(C(=O)N2CCC(N(CC)CC(=O)O)CC2)c1. The maximum Gasteiger partial charge on any atom is 0.317 e. The van der Waals surface area contributed by atoms with Gasteiger partial charge in [-0.25, -0.2) is 0 Å². The van der Waals surface area contributed by atoms with Gasteiger partial charge < -0.3 is 14.7 Å². The maximum atomic E-state index is 12.7. The quantitative estimate of drug-likeness (QED) is 0.781. The Balaban J connectivity index is 1.93. The number of carboxylic acid groups (broad SMARTS) is 1. The fourth-order valence-corrected chi connectivity index (χ4v) is 3.23. The van der Waals surface area contributed by atoms with Gasteiger partial charge in [-0.2, -0.15) is 0 Å². The van der Waals surface area contributed by atoms with Crippen molar-refractivity contribution in [2.75, 3.05) is 32.8 Å². The summed E-state index contributed by atoms with van der Waals surface area (Å²) in [5.74, 6) is -0.0628. The minimum absolute atomic E-state index is 0.0154. The lowest BCUT2D eigenvalue weighted by Crippen LogP contribution is -2.48. The summed E-state index contributed by atoms with van der Waals surface area (Å²) in [6.45, 7) is 6.73. The highest BCUT2D eigenvalue weighted by molar-refractivity contribution is 5.94. The van der Waals surface area contributed by atoms with Crippen LogP contribution in [0.25, 0.3) is 0 Å². The summed E-state index contributed by atoms with van der Waals surface area (Å²) in [7, 11) is 0. The van der Waals surface area contributed by atoms with Crippen LogP contribution in [0.2, 0.25) is 0 Å². The predicted octanol–water partition coefficient (Wildman–Crippen LogP) is 2.49. The van der Waals surface area contributed by atoms with Crippen LogP contribution in [-0.4, -0.2) is 65.6 Å². The van der Waals surface area contributed by atoms with E-state index in [0.29, 0.717) is 31.8 Å². The molecule has 138 valence electrons. The van der Waals surface area contributed by atoms with Crippen molar-refractivity contribution in [3.63, 3.8) is 0 Å². The molecule has 0 spiro atoms. The van der Waals surface area contributed by atoms with Crippen molar-refractivity contribution in [1.82, 2.24) is 9.80 Å². The molecule has 0 aliphatic carbocycles. The molecule has 0 unspecified atom stereocenters. The summed E-state index contributed by atoms with van der Waals surface area (Å²) >= 11 is 0. The van der Waals surface area contributed by atoms with Gasteiger partial charge >= 0.3 is 5.97 Å². The van der Waals surface area contributed by atoms with Crippen molar-refractivity contribution in [3.8, 4) is 5.75 Å². The molecule has 0 aromatic heterocycles. The van der Waals surface area contributed by atoms with Crippen molar-refractivity contribution >= 4 is 11.9 Å². The lowest BCUT2D eigenvalue weighted by molar-refractivity contribution is -0.139. The Morgan fingerprint density at radius 3 is 2.60 bits per heavy atom. The molecule has 6 nitrogen and oxygen atoms in total. The Hall–Kier alpha value is -2.08. The molecule has 1 aromatic carbocycles. The molecule has 1 amide bonds. The number of rotatable bonds is 8. The van der Waals surface area contributed by atoms with E-state index in [-0.39, 0.29) is 18.5 Å². The third kappa shape index (κ3) is 5.46. The molecule has 0 saturated carbocycles. The number of ether oxygens (including phenoxy) is 1. The zero-order chi connectivity index (χ0) is 18.2. The summed E-state index contributed by atoms with van der Waals surface area (Å²) in [6.07, 6.45) is 2.54. The number of benzene rings is 1. The second-order valence-electron chi connectivity index (χ2n) is 6.36. The van der Waals surface area contributed by atoms with Crippen LogP contribution in [-0.2, 0) is 4.79 Å². The van der Waals surface area contributed by atoms with Crippen molar-refractivity contribution in [1.29, 1.82) is 0 Å². The molecule has 0 atom stereocenters. The first kappa shape index (κ1) is 19.2. The molecule has 1 aromatic rings. The summed E-state index contributed by atoms with van der Waals surface area (Å²) < 4.78 is 5.60. The minimum Gasteiger partial charge on any atom is -0.494 e. The molecule has 25 heavy (non-hydrogen) atoms. The van der Waals surface area contributed by atoms with E-state index in [1.54, 1.807) is 6.07 Å². The second-order valence-corrected chi connectivity index (χ2v) is 6.36. The first-order valence-corrected chi connectivity index (χ1v) is 9.03. The molecule has 1 N–H and O–H groups in total. The monoisotopic (exact) mass is 348 g/mol. The Kier molecular flexibility index (Phi) is 7.25. The highest BCUT2D eigenvalue weighted by atomic mass is 16.5. The van der Waals surface area contributed by atoms with Gasteiger partial charge in [0.2, 0.25) is 0 Å². The molecule has 0 radical (unpaired) electrons. The normalized spacial score (nSPS) is 15.4. The van der Waals surface area contributed by atoms with Gasteiger partial charge in [0.05, 0.1) is 13.2 Å². The van der Waals surface area contributed by atoms with Gasteiger partial charge in [-0.15, -0.1) is 0 Å². The van der Waals surface area contributed by atoms with Crippen molar-refractivity contribution in [3.05, 3.63) is 29.8 Å². The van der Waals surface area contributed by atoms with Gasteiger partial charge in [0.25, 0.3) is 5.91 Å². The number of amides is 1. The minimum atomic E-state index is -0.802. The number of nitrogens with zero attached hydrogens (tertiary/aromatic N) is 2. The van der Waals surface area contributed by atoms with E-state index in [2.05, 4.69) is 0 Å². The summed E-state index contributed by atoms with van der Waals surface area (Å²) in [5, 5.41) is 9.00. The van der Waals surface area contributed by atoms with Crippen LogP contribution in [0.15, 0.2) is 24.3 Å². The van der Waals surface area contributed by atoms with E-state index < -0.39 is 5.97 Å². The number of likely N-dealkylation sites (tertiary alicyclic amines) is 1. The fraction of sp³-hybridized carbons (Fsp3) is 0.579. The third-order valence-corrected chi connectivity index (χ3v) is 4.57. The predicted molar refractivity (Wildman–Crippen MR) is 96.0 cm³/mol. The number of aliphatic carboxylic acids is 1. The molecule has 1 aliphatic rings. The molecule has 0 bridgehead atoms. The van der Waals surface area contributed by atoms with E-state index >= 15 is 0 Å². The zero-order valence-corrected chi connectivity index (χ0v) is 15.1. The lowest BCUT2D eigenvalue weighted by Gasteiger charge is -2.37. The van der Waals surface area contributed by atoms with Crippen LogP contribution >= 0.6 is 0 Å². The van der Waals surface area contributed by atoms with Gasteiger partial charge in [-0.3, -0.25) is 14.5 Å². The standard InChI is InChI=1S/C19H28N2O4/c1-3-12-25-17-7-5-6-15(13-17)19(24)21-10-8-16(9-11-21)20(4-2)14-18(22)23/h5-7,13,16H,3-4,8-12,14H2,1-2H3,(H,22,23). The van der Waals surface area contributed by atoms with Crippen LogP contribution in [0.5, 0.6) is 5.75 Å². The number of piperidine rings is 1. The van der Waals surface area contributed by atoms with Gasteiger partial charge in [-0.1, -0.05) is 19.9 Å².